The fourth-order valence-corrected chi connectivity index (χ4v) is 5.32. The number of hydrogen-bond donors (Lipinski definition) is 1. The van der Waals surface area contributed by atoms with Crippen LogP contribution in [0.2, 0.25) is 0 Å². The Balaban J connectivity index is 1.24. The van der Waals surface area contributed by atoms with E-state index in [1.54, 1.807) is 11.3 Å². The molecule has 1 atom stereocenters. The molecule has 0 aliphatic carbocycles. The van der Waals surface area contributed by atoms with Gasteiger partial charge >= 0.3 is 0 Å². The molecule has 1 amide bonds. The van der Waals surface area contributed by atoms with E-state index in [4.69, 9.17) is 9.47 Å². The largest absolute Gasteiger partial charge is 0.486 e. The molecule has 4 aromatic rings. The molecule has 1 aliphatic rings. The Labute approximate surface area is 194 Å². The van der Waals surface area contributed by atoms with Gasteiger partial charge in [0.25, 0.3) is 5.56 Å². The van der Waals surface area contributed by atoms with Gasteiger partial charge in [-0.1, -0.05) is 24.3 Å². The molecule has 8 heteroatoms. The number of rotatable bonds is 6. The first-order valence-electron chi connectivity index (χ1n) is 11.1. The molecule has 33 heavy (non-hydrogen) atoms. The summed E-state index contributed by atoms with van der Waals surface area (Å²) < 4.78 is 14.7. The molecule has 0 saturated heterocycles. The third-order valence-corrected chi connectivity index (χ3v) is 7.14. The standard InChI is InChI=1S/C25H25N3O4S/c1-15(17-9-10-19-20(14-17)32-13-12-31-19)26-22(29)8-5-11-28-25(30)23-18-6-3-4-7-21(18)33-24(23)16(2)27-28/h3-4,6-7,9-10,14-15H,5,8,11-13H2,1-2H3,(H,26,29)/t15-/m0/s1. The molecular weight excluding hydrogens is 438 g/mol. The van der Waals surface area contributed by atoms with Gasteiger partial charge in [0.2, 0.25) is 5.91 Å². The number of hydrogen-bond acceptors (Lipinski definition) is 6. The molecule has 2 aromatic carbocycles. The number of aromatic nitrogens is 2. The van der Waals surface area contributed by atoms with Gasteiger partial charge in [-0.05, 0) is 44.0 Å². The van der Waals surface area contributed by atoms with E-state index in [-0.39, 0.29) is 17.5 Å². The highest BCUT2D eigenvalue weighted by atomic mass is 32.1. The van der Waals surface area contributed by atoms with Crippen LogP contribution in [0.15, 0.2) is 47.3 Å². The second kappa shape index (κ2) is 8.86. The van der Waals surface area contributed by atoms with Gasteiger partial charge in [-0.25, -0.2) is 4.68 Å². The number of carbonyl (C=O) groups excluding carboxylic acids is 1. The summed E-state index contributed by atoms with van der Waals surface area (Å²) in [5, 5.41) is 9.21. The van der Waals surface area contributed by atoms with Crippen LogP contribution in [0.3, 0.4) is 0 Å². The Morgan fingerprint density at radius 2 is 1.97 bits per heavy atom. The molecule has 1 N–H and O–H groups in total. The normalized spacial score (nSPS) is 13.9. The molecule has 0 fully saturated rings. The molecular formula is C25H25N3O4S. The number of carbonyl (C=O) groups is 1. The molecule has 170 valence electrons. The number of amides is 1. The molecule has 1 aliphatic heterocycles. The highest BCUT2D eigenvalue weighted by molar-refractivity contribution is 7.26. The number of fused-ring (bicyclic) bond motifs is 4. The number of benzene rings is 2. The summed E-state index contributed by atoms with van der Waals surface area (Å²) in [6, 6.07) is 13.5. The van der Waals surface area contributed by atoms with Crippen LogP contribution < -0.4 is 20.3 Å². The first kappa shape index (κ1) is 21.5. The lowest BCUT2D eigenvalue weighted by Crippen LogP contribution is -2.28. The maximum Gasteiger partial charge on any atom is 0.276 e. The van der Waals surface area contributed by atoms with E-state index in [2.05, 4.69) is 10.4 Å². The third kappa shape index (κ3) is 4.18. The molecule has 2 aromatic heterocycles. The predicted octanol–water partition coefficient (Wildman–Crippen LogP) is 4.35. The quantitative estimate of drug-likeness (QED) is 0.460. The van der Waals surface area contributed by atoms with Crippen LogP contribution in [0.25, 0.3) is 20.2 Å². The van der Waals surface area contributed by atoms with Crippen molar-refractivity contribution < 1.29 is 14.3 Å². The minimum atomic E-state index is -0.162. The fraction of sp³-hybridized carbons (Fsp3) is 0.320. The van der Waals surface area contributed by atoms with Crippen molar-refractivity contribution in [3.63, 3.8) is 0 Å². The van der Waals surface area contributed by atoms with Crippen LogP contribution in [0, 0.1) is 6.92 Å². The smallest absolute Gasteiger partial charge is 0.276 e. The van der Waals surface area contributed by atoms with E-state index in [9.17, 15) is 9.59 Å². The molecule has 0 spiro atoms. The summed E-state index contributed by atoms with van der Waals surface area (Å²) in [5.74, 6) is 1.37. The van der Waals surface area contributed by atoms with Crippen LogP contribution in [0.4, 0.5) is 0 Å². The predicted molar refractivity (Wildman–Crippen MR) is 129 cm³/mol. The Morgan fingerprint density at radius 3 is 2.82 bits per heavy atom. The van der Waals surface area contributed by atoms with Gasteiger partial charge in [0.05, 0.1) is 21.8 Å². The van der Waals surface area contributed by atoms with Crippen LogP contribution in [0.1, 0.15) is 37.1 Å². The minimum absolute atomic E-state index is 0.0655. The Kier molecular flexibility index (Phi) is 5.76. The zero-order valence-electron chi connectivity index (χ0n) is 18.6. The van der Waals surface area contributed by atoms with Crippen LogP contribution >= 0.6 is 11.3 Å². The zero-order chi connectivity index (χ0) is 22.9. The summed E-state index contributed by atoms with van der Waals surface area (Å²) in [6.45, 7) is 5.33. The fourth-order valence-electron chi connectivity index (χ4n) is 4.18. The van der Waals surface area contributed by atoms with Gasteiger partial charge in [0.1, 0.15) is 13.2 Å². The molecule has 5 rings (SSSR count). The van der Waals surface area contributed by atoms with E-state index in [0.29, 0.717) is 38.3 Å². The molecule has 7 nitrogen and oxygen atoms in total. The highest BCUT2D eigenvalue weighted by Crippen LogP contribution is 2.33. The van der Waals surface area contributed by atoms with Crippen molar-refractivity contribution >= 4 is 37.4 Å². The summed E-state index contributed by atoms with van der Waals surface area (Å²) >= 11 is 1.60. The van der Waals surface area contributed by atoms with Crippen LogP contribution in [-0.2, 0) is 11.3 Å². The summed E-state index contributed by atoms with van der Waals surface area (Å²) in [7, 11) is 0. The maximum absolute atomic E-state index is 13.1. The number of nitrogens with zero attached hydrogens (tertiary/aromatic N) is 2. The van der Waals surface area contributed by atoms with Gasteiger partial charge < -0.3 is 14.8 Å². The second-order valence-corrected chi connectivity index (χ2v) is 9.26. The average molecular weight is 464 g/mol. The van der Waals surface area contributed by atoms with E-state index in [1.807, 2.05) is 56.3 Å². The van der Waals surface area contributed by atoms with Crippen LogP contribution in [-0.4, -0.2) is 28.9 Å². The summed E-state index contributed by atoms with van der Waals surface area (Å²) in [5.41, 5.74) is 1.69. The highest BCUT2D eigenvalue weighted by Gasteiger charge is 2.17. The molecule has 3 heterocycles. The van der Waals surface area contributed by atoms with E-state index < -0.39 is 0 Å². The summed E-state index contributed by atoms with van der Waals surface area (Å²) in [4.78, 5) is 25.6. The molecule has 0 saturated carbocycles. The zero-order valence-corrected chi connectivity index (χ0v) is 19.4. The van der Waals surface area contributed by atoms with Crippen molar-refractivity contribution in [3.8, 4) is 11.5 Å². The number of ether oxygens (including phenoxy) is 2. The Hall–Kier alpha value is -3.39. The topological polar surface area (TPSA) is 82.5 Å². The third-order valence-electron chi connectivity index (χ3n) is 5.86. The lowest BCUT2D eigenvalue weighted by Gasteiger charge is -2.21. The monoisotopic (exact) mass is 463 g/mol. The van der Waals surface area contributed by atoms with Crippen LogP contribution in [0.5, 0.6) is 11.5 Å². The lowest BCUT2D eigenvalue weighted by atomic mass is 10.1. The van der Waals surface area contributed by atoms with Crippen molar-refractivity contribution in [2.45, 2.75) is 39.3 Å². The van der Waals surface area contributed by atoms with Crippen molar-refractivity contribution in [3.05, 3.63) is 64.1 Å². The molecule has 0 radical (unpaired) electrons. The van der Waals surface area contributed by atoms with Crippen molar-refractivity contribution in [1.29, 1.82) is 0 Å². The minimum Gasteiger partial charge on any atom is -0.486 e. The van der Waals surface area contributed by atoms with Gasteiger partial charge in [0, 0.05) is 23.1 Å². The van der Waals surface area contributed by atoms with Crippen molar-refractivity contribution in [2.75, 3.05) is 13.2 Å². The van der Waals surface area contributed by atoms with Gasteiger partial charge in [-0.3, -0.25) is 9.59 Å². The number of nitrogens with one attached hydrogen (secondary N) is 1. The Bertz CT molecular complexity index is 1410. The first-order chi connectivity index (χ1) is 16.0. The molecule has 0 unspecified atom stereocenters. The maximum atomic E-state index is 13.1. The number of aryl methyl sites for hydroxylation is 2. The lowest BCUT2D eigenvalue weighted by molar-refractivity contribution is -0.121. The van der Waals surface area contributed by atoms with E-state index in [1.165, 1.54) is 4.68 Å². The van der Waals surface area contributed by atoms with Gasteiger partial charge in [0.15, 0.2) is 11.5 Å². The second-order valence-electron chi connectivity index (χ2n) is 8.21. The average Bonchev–Trinajstić information content (AvgIpc) is 3.22. The summed E-state index contributed by atoms with van der Waals surface area (Å²) in [6.07, 6.45) is 0.837. The van der Waals surface area contributed by atoms with Gasteiger partial charge in [-0.2, -0.15) is 5.10 Å². The molecule has 0 bridgehead atoms. The van der Waals surface area contributed by atoms with E-state index >= 15 is 0 Å². The van der Waals surface area contributed by atoms with Gasteiger partial charge in [-0.15, -0.1) is 11.3 Å². The Morgan fingerprint density at radius 1 is 1.18 bits per heavy atom. The number of thiophene rings is 1. The van der Waals surface area contributed by atoms with Crippen molar-refractivity contribution in [2.24, 2.45) is 0 Å². The SMILES string of the molecule is Cc1nn(CCCC(=O)N[C@@H](C)c2ccc3c(c2)OCCO3)c(=O)c2c1sc1ccccc12. The van der Waals surface area contributed by atoms with E-state index in [0.717, 1.165) is 37.2 Å². The van der Waals surface area contributed by atoms with Crippen molar-refractivity contribution in [1.82, 2.24) is 15.1 Å². The first-order valence-corrected chi connectivity index (χ1v) is 11.9.